The second-order valence-electron chi connectivity index (χ2n) is 4.17. The van der Waals surface area contributed by atoms with Gasteiger partial charge in [0.25, 0.3) is 5.91 Å². The summed E-state index contributed by atoms with van der Waals surface area (Å²) in [6, 6.07) is 5.24. The molecular formula is C13H20N2O2. The number of aryl methyl sites for hydroxylation is 1. The molecular weight excluding hydrogens is 216 g/mol. The maximum atomic E-state index is 12.0. The molecule has 1 unspecified atom stereocenters. The van der Waals surface area contributed by atoms with Gasteiger partial charge >= 0.3 is 0 Å². The normalized spacial score (nSPS) is 12.2. The standard InChI is InChI=1S/C13H20N2O2/c1-3-11(6-7-16)15-13(17)12-5-4-10(14)8-9(12)2/h4-5,8,11,16H,3,6-7,14H2,1-2H3,(H,15,17). The Morgan fingerprint density at radius 1 is 1.53 bits per heavy atom. The molecule has 1 amide bonds. The highest BCUT2D eigenvalue weighted by Gasteiger charge is 2.13. The van der Waals surface area contributed by atoms with Gasteiger partial charge in [0.15, 0.2) is 0 Å². The summed E-state index contributed by atoms with van der Waals surface area (Å²) in [5.41, 5.74) is 7.79. The van der Waals surface area contributed by atoms with Crippen molar-refractivity contribution in [2.45, 2.75) is 32.7 Å². The third kappa shape index (κ3) is 3.75. The van der Waals surface area contributed by atoms with Gasteiger partial charge in [-0.1, -0.05) is 6.92 Å². The summed E-state index contributed by atoms with van der Waals surface area (Å²) in [6.45, 7) is 3.92. The van der Waals surface area contributed by atoms with Crippen LogP contribution in [0.2, 0.25) is 0 Å². The average molecular weight is 236 g/mol. The summed E-state index contributed by atoms with van der Waals surface area (Å²) in [4.78, 5) is 12.0. The zero-order valence-corrected chi connectivity index (χ0v) is 10.4. The molecule has 0 bridgehead atoms. The van der Waals surface area contributed by atoms with Crippen LogP contribution in [-0.2, 0) is 0 Å². The van der Waals surface area contributed by atoms with Crippen LogP contribution in [0.5, 0.6) is 0 Å². The van der Waals surface area contributed by atoms with Crippen LogP contribution >= 0.6 is 0 Å². The molecule has 1 rings (SSSR count). The molecule has 4 heteroatoms. The van der Waals surface area contributed by atoms with Gasteiger partial charge in [-0.25, -0.2) is 0 Å². The van der Waals surface area contributed by atoms with Gasteiger partial charge in [-0.15, -0.1) is 0 Å². The van der Waals surface area contributed by atoms with E-state index >= 15 is 0 Å². The van der Waals surface area contributed by atoms with E-state index in [0.29, 0.717) is 17.7 Å². The molecule has 0 heterocycles. The van der Waals surface area contributed by atoms with E-state index < -0.39 is 0 Å². The Hall–Kier alpha value is -1.55. The van der Waals surface area contributed by atoms with Gasteiger partial charge in [0.05, 0.1) is 0 Å². The largest absolute Gasteiger partial charge is 0.399 e. The number of rotatable bonds is 5. The number of amides is 1. The minimum atomic E-state index is -0.109. The first-order valence-corrected chi connectivity index (χ1v) is 5.86. The Kier molecular flexibility index (Phi) is 4.97. The summed E-state index contributed by atoms with van der Waals surface area (Å²) < 4.78 is 0. The van der Waals surface area contributed by atoms with Gasteiger partial charge in [0.1, 0.15) is 0 Å². The van der Waals surface area contributed by atoms with E-state index in [1.165, 1.54) is 0 Å². The molecule has 0 spiro atoms. The summed E-state index contributed by atoms with van der Waals surface area (Å²) in [7, 11) is 0. The second-order valence-corrected chi connectivity index (χ2v) is 4.17. The number of aliphatic hydroxyl groups is 1. The molecule has 0 aromatic heterocycles. The fourth-order valence-corrected chi connectivity index (χ4v) is 1.74. The SMILES string of the molecule is CCC(CCO)NC(=O)c1ccc(N)cc1C. The highest BCUT2D eigenvalue weighted by atomic mass is 16.3. The van der Waals surface area contributed by atoms with Gasteiger partial charge in [-0.3, -0.25) is 4.79 Å². The van der Waals surface area contributed by atoms with Gasteiger partial charge in [0.2, 0.25) is 0 Å². The van der Waals surface area contributed by atoms with Crippen molar-refractivity contribution in [3.8, 4) is 0 Å². The molecule has 0 aliphatic carbocycles. The maximum absolute atomic E-state index is 12.0. The lowest BCUT2D eigenvalue weighted by Crippen LogP contribution is -2.35. The van der Waals surface area contributed by atoms with E-state index in [2.05, 4.69) is 5.32 Å². The Morgan fingerprint density at radius 3 is 2.76 bits per heavy atom. The zero-order chi connectivity index (χ0) is 12.8. The molecule has 1 atom stereocenters. The quantitative estimate of drug-likeness (QED) is 0.678. The molecule has 0 radical (unpaired) electrons. The lowest BCUT2D eigenvalue weighted by molar-refractivity contribution is 0.0928. The number of aliphatic hydroxyl groups excluding tert-OH is 1. The molecule has 4 nitrogen and oxygen atoms in total. The third-order valence-corrected chi connectivity index (χ3v) is 2.80. The summed E-state index contributed by atoms with van der Waals surface area (Å²) >= 11 is 0. The van der Waals surface area contributed by atoms with E-state index in [0.717, 1.165) is 12.0 Å². The van der Waals surface area contributed by atoms with Crippen molar-refractivity contribution in [3.05, 3.63) is 29.3 Å². The number of nitrogens with one attached hydrogen (secondary N) is 1. The average Bonchev–Trinajstić information content (AvgIpc) is 2.28. The van der Waals surface area contributed by atoms with Crippen LogP contribution < -0.4 is 11.1 Å². The van der Waals surface area contributed by atoms with Gasteiger partial charge in [0, 0.05) is 23.9 Å². The third-order valence-electron chi connectivity index (χ3n) is 2.80. The van der Waals surface area contributed by atoms with Crippen molar-refractivity contribution in [1.82, 2.24) is 5.32 Å². The minimum absolute atomic E-state index is 0.0180. The van der Waals surface area contributed by atoms with Crippen molar-refractivity contribution < 1.29 is 9.90 Å². The molecule has 0 saturated carbocycles. The highest BCUT2D eigenvalue weighted by molar-refractivity contribution is 5.96. The summed E-state index contributed by atoms with van der Waals surface area (Å²) in [5, 5.41) is 11.8. The topological polar surface area (TPSA) is 75.3 Å². The zero-order valence-electron chi connectivity index (χ0n) is 10.4. The number of carbonyl (C=O) groups is 1. The molecule has 0 saturated heterocycles. The molecule has 4 N–H and O–H groups in total. The van der Waals surface area contributed by atoms with Crippen molar-refractivity contribution in [3.63, 3.8) is 0 Å². The van der Waals surface area contributed by atoms with Gasteiger partial charge in [-0.2, -0.15) is 0 Å². The minimum Gasteiger partial charge on any atom is -0.399 e. The number of nitrogen functional groups attached to an aromatic ring is 1. The predicted molar refractivity (Wildman–Crippen MR) is 68.8 cm³/mol. The Morgan fingerprint density at radius 2 is 2.24 bits per heavy atom. The van der Waals surface area contributed by atoms with Crippen LogP contribution in [0.15, 0.2) is 18.2 Å². The lowest BCUT2D eigenvalue weighted by atomic mass is 10.1. The molecule has 17 heavy (non-hydrogen) atoms. The Bertz CT molecular complexity index is 391. The van der Waals surface area contributed by atoms with Gasteiger partial charge in [-0.05, 0) is 43.5 Å². The molecule has 94 valence electrons. The molecule has 1 aromatic rings. The number of benzene rings is 1. The van der Waals surface area contributed by atoms with E-state index in [4.69, 9.17) is 10.8 Å². The van der Waals surface area contributed by atoms with Crippen LogP contribution in [-0.4, -0.2) is 23.7 Å². The van der Waals surface area contributed by atoms with Crippen molar-refractivity contribution >= 4 is 11.6 Å². The smallest absolute Gasteiger partial charge is 0.251 e. The fraction of sp³-hybridized carbons (Fsp3) is 0.462. The van der Waals surface area contributed by atoms with Crippen LogP contribution in [0.25, 0.3) is 0 Å². The summed E-state index contributed by atoms with van der Waals surface area (Å²) in [6.07, 6.45) is 1.39. The molecule has 0 fully saturated rings. The van der Waals surface area contributed by atoms with E-state index in [1.807, 2.05) is 13.8 Å². The van der Waals surface area contributed by atoms with Crippen LogP contribution in [0, 0.1) is 6.92 Å². The first-order chi connectivity index (χ1) is 8.08. The number of hydrogen-bond donors (Lipinski definition) is 3. The van der Waals surface area contributed by atoms with Crippen molar-refractivity contribution in [1.29, 1.82) is 0 Å². The van der Waals surface area contributed by atoms with Gasteiger partial charge < -0.3 is 16.2 Å². The van der Waals surface area contributed by atoms with Crippen molar-refractivity contribution in [2.24, 2.45) is 0 Å². The number of hydrogen-bond acceptors (Lipinski definition) is 3. The van der Waals surface area contributed by atoms with Crippen LogP contribution in [0.3, 0.4) is 0 Å². The predicted octanol–water partition coefficient (Wildman–Crippen LogP) is 1.47. The maximum Gasteiger partial charge on any atom is 0.251 e. The Labute approximate surface area is 102 Å². The molecule has 1 aromatic carbocycles. The van der Waals surface area contributed by atoms with E-state index in [9.17, 15) is 4.79 Å². The monoisotopic (exact) mass is 236 g/mol. The second kappa shape index (κ2) is 6.25. The van der Waals surface area contributed by atoms with E-state index in [1.54, 1.807) is 18.2 Å². The molecule has 0 aliphatic heterocycles. The fourth-order valence-electron chi connectivity index (χ4n) is 1.74. The van der Waals surface area contributed by atoms with Crippen LogP contribution in [0.1, 0.15) is 35.7 Å². The Balaban J connectivity index is 2.75. The van der Waals surface area contributed by atoms with Crippen LogP contribution in [0.4, 0.5) is 5.69 Å². The highest BCUT2D eigenvalue weighted by Crippen LogP contribution is 2.13. The number of nitrogens with two attached hydrogens (primary N) is 1. The van der Waals surface area contributed by atoms with Crippen molar-refractivity contribution in [2.75, 3.05) is 12.3 Å². The van der Waals surface area contributed by atoms with E-state index in [-0.39, 0.29) is 18.6 Å². The lowest BCUT2D eigenvalue weighted by Gasteiger charge is -2.16. The number of carbonyl (C=O) groups excluding carboxylic acids is 1. The number of anilines is 1. The first-order valence-electron chi connectivity index (χ1n) is 5.86. The summed E-state index contributed by atoms with van der Waals surface area (Å²) in [5.74, 6) is -0.109. The first kappa shape index (κ1) is 13.5. The molecule has 0 aliphatic rings.